The first-order chi connectivity index (χ1) is 13.5. The normalized spacial score (nSPS) is 25.6. The van der Waals surface area contributed by atoms with Crippen molar-refractivity contribution in [3.05, 3.63) is 29.8 Å². The monoisotopic (exact) mass is 427 g/mol. The maximum absolute atomic E-state index is 11.5. The van der Waals surface area contributed by atoms with Crippen LogP contribution in [0.4, 0.5) is 4.79 Å². The van der Waals surface area contributed by atoms with Gasteiger partial charge in [-0.2, -0.15) is 8.42 Å². The van der Waals surface area contributed by atoms with Crippen molar-refractivity contribution in [2.24, 2.45) is 11.3 Å². The third kappa shape index (κ3) is 5.83. The molecule has 3 rings (SSSR count). The van der Waals surface area contributed by atoms with Crippen LogP contribution in [0, 0.1) is 11.3 Å². The summed E-state index contributed by atoms with van der Waals surface area (Å²) in [5.74, 6) is 0.729. The van der Waals surface area contributed by atoms with Crippen molar-refractivity contribution in [1.82, 2.24) is 4.90 Å². The van der Waals surface area contributed by atoms with Crippen LogP contribution in [0.25, 0.3) is 0 Å². The number of benzene rings is 1. The first-order valence-electron chi connectivity index (χ1n) is 9.82. The first kappa shape index (κ1) is 21.9. The third-order valence-corrected chi connectivity index (χ3v) is 6.30. The maximum Gasteiger partial charge on any atom is 0.407 e. The lowest BCUT2D eigenvalue weighted by molar-refractivity contribution is 0.0130. The van der Waals surface area contributed by atoms with Gasteiger partial charge in [0, 0.05) is 31.3 Å². The second-order valence-electron chi connectivity index (χ2n) is 8.81. The number of carboxylic acid groups (broad SMARTS) is 1. The molecular formula is C20H29NO7S. The van der Waals surface area contributed by atoms with E-state index < -0.39 is 16.5 Å². The van der Waals surface area contributed by atoms with Crippen molar-refractivity contribution >= 4 is 16.5 Å². The van der Waals surface area contributed by atoms with Crippen molar-refractivity contribution in [2.45, 2.75) is 52.2 Å². The van der Waals surface area contributed by atoms with E-state index in [-0.39, 0.29) is 36.7 Å². The summed E-state index contributed by atoms with van der Waals surface area (Å²) < 4.78 is 37.8. The van der Waals surface area contributed by atoms with Gasteiger partial charge in [-0.1, -0.05) is 32.9 Å². The molecule has 1 amide bonds. The molecular weight excluding hydrogens is 398 g/mol. The Labute approximate surface area is 172 Å². The first-order valence-corrected chi connectivity index (χ1v) is 11.2. The van der Waals surface area contributed by atoms with E-state index in [0.29, 0.717) is 25.8 Å². The molecule has 8 nitrogen and oxygen atoms in total. The van der Waals surface area contributed by atoms with Crippen LogP contribution in [0.2, 0.25) is 0 Å². The molecule has 2 saturated heterocycles. The van der Waals surface area contributed by atoms with Crippen molar-refractivity contribution < 1.29 is 31.4 Å². The van der Waals surface area contributed by atoms with Crippen LogP contribution < -0.4 is 4.74 Å². The molecule has 0 aromatic heterocycles. The summed E-state index contributed by atoms with van der Waals surface area (Å²) in [6.07, 6.45) is 1.05. The van der Waals surface area contributed by atoms with E-state index in [1.165, 1.54) is 4.90 Å². The van der Waals surface area contributed by atoms with Gasteiger partial charge in [-0.15, -0.1) is 0 Å². The van der Waals surface area contributed by atoms with E-state index in [4.69, 9.17) is 13.1 Å². The van der Waals surface area contributed by atoms with E-state index in [1.54, 1.807) is 0 Å². The van der Waals surface area contributed by atoms with Crippen LogP contribution >= 0.6 is 0 Å². The lowest BCUT2D eigenvalue weighted by Gasteiger charge is -2.44. The summed E-state index contributed by atoms with van der Waals surface area (Å²) in [4.78, 5) is 13.1. The molecule has 0 spiro atoms. The molecule has 2 fully saturated rings. The van der Waals surface area contributed by atoms with E-state index in [0.717, 1.165) is 11.3 Å². The smallest absolute Gasteiger partial charge is 0.407 e. The van der Waals surface area contributed by atoms with Gasteiger partial charge in [-0.05, 0) is 29.5 Å². The van der Waals surface area contributed by atoms with Crippen LogP contribution in [0.1, 0.15) is 39.2 Å². The highest BCUT2D eigenvalue weighted by atomic mass is 32.3. The quantitative estimate of drug-likeness (QED) is 0.788. The molecule has 1 aromatic rings. The molecule has 162 valence electrons. The number of ether oxygens (including phenoxy) is 1. The molecule has 1 aromatic carbocycles. The van der Waals surface area contributed by atoms with Crippen molar-refractivity contribution in [1.29, 1.82) is 0 Å². The number of piperidine rings is 1. The van der Waals surface area contributed by atoms with Gasteiger partial charge in [0.1, 0.15) is 11.9 Å². The SMILES string of the molecule is CC(C)(C)C1CC(Oc2ccc(CC3COS(=O)(=O)OC3)cc2)CCN1C(=O)O. The summed E-state index contributed by atoms with van der Waals surface area (Å²) in [7, 11) is -3.82. The summed E-state index contributed by atoms with van der Waals surface area (Å²) in [5.41, 5.74) is 0.879. The fourth-order valence-corrected chi connectivity index (χ4v) is 4.67. The number of likely N-dealkylation sites (tertiary alicyclic amines) is 1. The van der Waals surface area contributed by atoms with Gasteiger partial charge in [0.2, 0.25) is 0 Å². The molecule has 2 unspecified atom stereocenters. The van der Waals surface area contributed by atoms with Crippen LogP contribution in [-0.2, 0) is 25.2 Å². The highest BCUT2D eigenvalue weighted by molar-refractivity contribution is 7.81. The average Bonchev–Trinajstić information content (AvgIpc) is 2.64. The maximum atomic E-state index is 11.5. The number of carbonyl (C=O) groups is 1. The molecule has 0 bridgehead atoms. The fraction of sp³-hybridized carbons (Fsp3) is 0.650. The predicted molar refractivity (Wildman–Crippen MR) is 106 cm³/mol. The van der Waals surface area contributed by atoms with Crippen molar-refractivity contribution in [2.75, 3.05) is 19.8 Å². The van der Waals surface area contributed by atoms with E-state index in [2.05, 4.69) is 20.8 Å². The number of amides is 1. The molecule has 9 heteroatoms. The van der Waals surface area contributed by atoms with Crippen LogP contribution in [0.5, 0.6) is 5.75 Å². The van der Waals surface area contributed by atoms with Crippen LogP contribution in [0.3, 0.4) is 0 Å². The molecule has 29 heavy (non-hydrogen) atoms. The van der Waals surface area contributed by atoms with Crippen molar-refractivity contribution in [3.63, 3.8) is 0 Å². The predicted octanol–water partition coefficient (Wildman–Crippen LogP) is 3.07. The Bertz CT molecular complexity index is 802. The molecule has 2 aliphatic heterocycles. The Kier molecular flexibility index (Phi) is 6.40. The Hall–Kier alpha value is -1.84. The molecule has 2 heterocycles. The zero-order chi connectivity index (χ0) is 21.2. The molecule has 0 saturated carbocycles. The highest BCUT2D eigenvalue weighted by Crippen LogP contribution is 2.33. The molecule has 0 radical (unpaired) electrons. The lowest BCUT2D eigenvalue weighted by Crippen LogP contribution is -2.53. The van der Waals surface area contributed by atoms with E-state index in [1.807, 2.05) is 24.3 Å². The summed E-state index contributed by atoms with van der Waals surface area (Å²) >= 11 is 0. The van der Waals surface area contributed by atoms with Gasteiger partial charge in [0.25, 0.3) is 0 Å². The average molecular weight is 428 g/mol. The van der Waals surface area contributed by atoms with Gasteiger partial charge < -0.3 is 14.7 Å². The van der Waals surface area contributed by atoms with E-state index >= 15 is 0 Å². The molecule has 0 aliphatic carbocycles. The van der Waals surface area contributed by atoms with Gasteiger partial charge in [-0.25, -0.2) is 13.2 Å². The minimum absolute atomic E-state index is 0.0156. The second-order valence-corrected chi connectivity index (χ2v) is 10.1. The highest BCUT2D eigenvalue weighted by Gasteiger charge is 2.39. The van der Waals surface area contributed by atoms with Crippen LogP contribution in [0.15, 0.2) is 24.3 Å². The van der Waals surface area contributed by atoms with Gasteiger partial charge in [-0.3, -0.25) is 0 Å². The van der Waals surface area contributed by atoms with Gasteiger partial charge in [0.15, 0.2) is 0 Å². The number of rotatable bonds is 4. The minimum Gasteiger partial charge on any atom is -0.490 e. The fourth-order valence-electron chi connectivity index (χ4n) is 3.88. The zero-order valence-electron chi connectivity index (χ0n) is 17.0. The minimum atomic E-state index is -3.82. The number of hydrogen-bond acceptors (Lipinski definition) is 6. The van der Waals surface area contributed by atoms with E-state index in [9.17, 15) is 18.3 Å². The second kappa shape index (κ2) is 8.49. The molecule has 2 aliphatic rings. The number of nitrogens with zero attached hydrogens (tertiary/aromatic N) is 1. The summed E-state index contributed by atoms with van der Waals surface area (Å²) in [6, 6.07) is 7.59. The Morgan fingerprint density at radius 3 is 2.38 bits per heavy atom. The zero-order valence-corrected chi connectivity index (χ0v) is 17.9. The Balaban J connectivity index is 1.56. The lowest BCUT2D eigenvalue weighted by atomic mass is 9.80. The molecule has 1 N–H and O–H groups in total. The van der Waals surface area contributed by atoms with Crippen molar-refractivity contribution in [3.8, 4) is 5.75 Å². The van der Waals surface area contributed by atoms with Gasteiger partial charge in [0.05, 0.1) is 13.2 Å². The topological polar surface area (TPSA) is 102 Å². The third-order valence-electron chi connectivity index (χ3n) is 5.45. The Morgan fingerprint density at radius 2 is 1.83 bits per heavy atom. The van der Waals surface area contributed by atoms with Gasteiger partial charge >= 0.3 is 16.5 Å². The molecule has 2 atom stereocenters. The largest absolute Gasteiger partial charge is 0.490 e. The number of hydrogen-bond donors (Lipinski definition) is 1. The summed E-state index contributed by atoms with van der Waals surface area (Å²) in [5, 5.41) is 9.48. The Morgan fingerprint density at radius 1 is 1.21 bits per heavy atom. The summed E-state index contributed by atoms with van der Waals surface area (Å²) in [6.45, 7) is 6.86. The standard InChI is InChI=1S/C20H29NO7S/c1-20(2,3)18-11-17(8-9-21(18)19(22)23)28-16-6-4-14(5-7-16)10-15-12-26-29(24,25)27-13-15/h4-7,15,17-18H,8-13H2,1-3H3,(H,22,23). The van der Waals surface area contributed by atoms with Crippen LogP contribution in [-0.4, -0.2) is 56.4 Å².